The maximum atomic E-state index is 6.49. The molecule has 4 aliphatic rings. The SMILES string of the molecule is CC(C)(C)OCC1COC(CN)(c2ccc(Cl)cc2Cl)O1.CC(C)(C)OCC1COC(CN2CCCC2)(c2ccc(Cl)cc2Cl)O1.CN(C)CC1(c2ccc(Cl)cc2Cl)OCC(COC(C)(C)C)O1. The molecule has 4 heterocycles. The Hall–Kier alpha value is -1.08. The lowest BCUT2D eigenvalue weighted by molar-refractivity contribution is -0.195. The zero-order chi connectivity index (χ0) is 51.0. The van der Waals surface area contributed by atoms with Crippen molar-refractivity contribution in [1.82, 2.24) is 9.80 Å². The van der Waals surface area contributed by atoms with Crippen LogP contribution in [0.2, 0.25) is 30.1 Å². The van der Waals surface area contributed by atoms with E-state index in [0.717, 1.165) is 24.2 Å². The first-order valence-corrected chi connectivity index (χ1v) is 25.7. The predicted molar refractivity (Wildman–Crippen MR) is 277 cm³/mol. The fourth-order valence-corrected chi connectivity index (χ4v) is 9.65. The van der Waals surface area contributed by atoms with Gasteiger partial charge in [0.25, 0.3) is 0 Å². The monoisotopic (exact) mass is 1080 g/mol. The molecule has 0 bridgehead atoms. The maximum absolute atomic E-state index is 6.49. The molecule has 69 heavy (non-hydrogen) atoms. The summed E-state index contributed by atoms with van der Waals surface area (Å²) < 4.78 is 54.2. The van der Waals surface area contributed by atoms with Gasteiger partial charge in [-0.2, -0.15) is 0 Å². The van der Waals surface area contributed by atoms with Crippen molar-refractivity contribution in [2.45, 2.75) is 128 Å². The number of benzene rings is 3. The van der Waals surface area contributed by atoms with Crippen molar-refractivity contribution in [2.24, 2.45) is 5.73 Å². The summed E-state index contributed by atoms with van der Waals surface area (Å²) in [4.78, 5) is 4.38. The van der Waals surface area contributed by atoms with Gasteiger partial charge in [-0.25, -0.2) is 0 Å². The average molecular weight is 1080 g/mol. The molecule has 0 spiro atoms. The molecule has 4 fully saturated rings. The highest BCUT2D eigenvalue weighted by Gasteiger charge is 2.48. The van der Waals surface area contributed by atoms with Crippen LogP contribution in [0.25, 0.3) is 0 Å². The van der Waals surface area contributed by atoms with E-state index in [1.165, 1.54) is 12.8 Å². The van der Waals surface area contributed by atoms with Crippen LogP contribution in [0.3, 0.4) is 0 Å². The molecule has 3 aromatic carbocycles. The summed E-state index contributed by atoms with van der Waals surface area (Å²) in [6.07, 6.45) is 1.98. The standard InChI is InChI=1S/C19H27Cl2NO3.C17H25Cl2NO3.C15H21Cl2NO3/c1-18(2,3)23-11-15-12-24-19(25-15,13-22-8-4-5-9-22)16-7-6-14(20)10-17(16)21;1-16(2,3)21-9-13-10-22-17(23-13,11-20(4)5)14-7-6-12(18)8-15(14)19;1-14(2,3)19-7-11-8-20-15(9-18,21-11)12-5-4-10(16)6-13(12)17/h6-7,10,15H,4-5,8-9,11-13H2,1-3H3;6-8,13H,9-11H2,1-5H3;4-6,11H,7-9,18H2,1-3H3. The number of nitrogens with two attached hydrogens (primary N) is 1. The van der Waals surface area contributed by atoms with Gasteiger partial charge in [0.15, 0.2) is 0 Å². The van der Waals surface area contributed by atoms with Crippen LogP contribution in [-0.2, 0) is 60.0 Å². The number of hydrogen-bond acceptors (Lipinski definition) is 12. The highest BCUT2D eigenvalue weighted by atomic mass is 35.5. The molecule has 0 saturated carbocycles. The fourth-order valence-electron chi connectivity index (χ4n) is 7.99. The predicted octanol–water partition coefficient (Wildman–Crippen LogP) is 11.7. The minimum atomic E-state index is -1.03. The smallest absolute Gasteiger partial charge is 0.210 e. The van der Waals surface area contributed by atoms with Gasteiger partial charge in [-0.3, -0.25) is 4.90 Å². The first kappa shape index (κ1) is 58.8. The highest BCUT2D eigenvalue weighted by Crippen LogP contribution is 2.43. The molecule has 6 atom stereocenters. The largest absolute Gasteiger partial charge is 0.373 e. The second-order valence-corrected chi connectivity index (χ2v) is 23.5. The van der Waals surface area contributed by atoms with E-state index in [9.17, 15) is 0 Å². The number of halogens is 6. The molecule has 0 radical (unpaired) electrons. The van der Waals surface area contributed by atoms with Crippen LogP contribution in [0.15, 0.2) is 54.6 Å². The Balaban J connectivity index is 0.000000194. The Bertz CT molecular complexity index is 2110. The highest BCUT2D eigenvalue weighted by molar-refractivity contribution is 6.36. The molecule has 0 aliphatic carbocycles. The van der Waals surface area contributed by atoms with E-state index < -0.39 is 17.4 Å². The molecule has 4 aliphatic heterocycles. The summed E-state index contributed by atoms with van der Waals surface area (Å²) >= 11 is 37.1. The van der Waals surface area contributed by atoms with Gasteiger partial charge in [-0.05, 0) is 139 Å². The number of nitrogens with zero attached hydrogens (tertiary/aromatic N) is 2. The Kier molecular flexibility index (Phi) is 21.3. The van der Waals surface area contributed by atoms with Crippen LogP contribution in [0, 0.1) is 0 Å². The van der Waals surface area contributed by atoms with Crippen LogP contribution < -0.4 is 5.73 Å². The van der Waals surface area contributed by atoms with Gasteiger partial charge < -0.3 is 53.3 Å². The van der Waals surface area contributed by atoms with Crippen LogP contribution in [0.1, 0.15) is 91.8 Å². The molecule has 18 heteroatoms. The van der Waals surface area contributed by atoms with Crippen LogP contribution in [0.4, 0.5) is 0 Å². The van der Waals surface area contributed by atoms with Crippen molar-refractivity contribution in [3.8, 4) is 0 Å². The number of rotatable bonds is 14. The number of hydrogen-bond donors (Lipinski definition) is 1. The molecule has 3 aromatic rings. The van der Waals surface area contributed by atoms with Gasteiger partial charge in [0.2, 0.25) is 17.4 Å². The van der Waals surface area contributed by atoms with E-state index in [0.29, 0.717) is 88.4 Å². The van der Waals surface area contributed by atoms with E-state index in [2.05, 4.69) is 4.90 Å². The summed E-state index contributed by atoms with van der Waals surface area (Å²) in [7, 11) is 3.94. The molecular weight excluding hydrogens is 1010 g/mol. The minimum Gasteiger partial charge on any atom is -0.373 e. The molecule has 2 N–H and O–H groups in total. The van der Waals surface area contributed by atoms with Crippen LogP contribution in [0.5, 0.6) is 0 Å². The van der Waals surface area contributed by atoms with Crippen LogP contribution >= 0.6 is 69.6 Å². The lowest BCUT2D eigenvalue weighted by atomic mass is 10.0. The van der Waals surface area contributed by atoms with Crippen molar-refractivity contribution < 1.29 is 42.6 Å². The molecule has 0 amide bonds. The minimum absolute atomic E-state index is 0.117. The van der Waals surface area contributed by atoms with E-state index in [1.54, 1.807) is 36.4 Å². The lowest BCUT2D eigenvalue weighted by Crippen LogP contribution is -2.42. The van der Waals surface area contributed by atoms with Gasteiger partial charge in [0.1, 0.15) is 18.3 Å². The number of ether oxygens (including phenoxy) is 9. The Morgan fingerprint density at radius 3 is 1.25 bits per heavy atom. The summed E-state index contributed by atoms with van der Waals surface area (Å²) in [5.41, 5.74) is 7.53. The van der Waals surface area contributed by atoms with Crippen molar-refractivity contribution in [3.63, 3.8) is 0 Å². The third kappa shape index (κ3) is 17.5. The van der Waals surface area contributed by atoms with Crippen molar-refractivity contribution in [3.05, 3.63) is 101 Å². The van der Waals surface area contributed by atoms with Gasteiger partial charge in [-0.15, -0.1) is 0 Å². The topological polar surface area (TPSA) is 116 Å². The van der Waals surface area contributed by atoms with Crippen LogP contribution in [-0.4, -0.2) is 131 Å². The third-order valence-electron chi connectivity index (χ3n) is 11.1. The van der Waals surface area contributed by atoms with E-state index in [1.807, 2.05) is 99.5 Å². The van der Waals surface area contributed by atoms with Gasteiger partial charge in [-0.1, -0.05) is 87.8 Å². The second-order valence-electron chi connectivity index (χ2n) is 21.0. The molecule has 7 rings (SSSR count). The lowest BCUT2D eigenvalue weighted by Gasteiger charge is -2.33. The summed E-state index contributed by atoms with van der Waals surface area (Å²) in [6.45, 7) is 24.4. The zero-order valence-corrected chi connectivity index (χ0v) is 46.6. The summed E-state index contributed by atoms with van der Waals surface area (Å²) in [6, 6.07) is 16.0. The molecule has 6 unspecified atom stereocenters. The third-order valence-corrected chi connectivity index (χ3v) is 12.8. The van der Waals surface area contributed by atoms with E-state index in [-0.39, 0.29) is 41.7 Å². The Labute approximate surface area is 440 Å². The van der Waals surface area contributed by atoms with Gasteiger partial charge in [0, 0.05) is 31.8 Å². The first-order chi connectivity index (χ1) is 32.1. The molecule has 388 valence electrons. The first-order valence-electron chi connectivity index (χ1n) is 23.5. The summed E-state index contributed by atoms with van der Waals surface area (Å²) in [5.74, 6) is -2.80. The number of likely N-dealkylation sites (N-methyl/N-ethyl adjacent to an activating group) is 1. The van der Waals surface area contributed by atoms with Gasteiger partial charge in [0.05, 0.1) is 91.1 Å². The van der Waals surface area contributed by atoms with Crippen molar-refractivity contribution in [1.29, 1.82) is 0 Å². The van der Waals surface area contributed by atoms with Crippen molar-refractivity contribution >= 4 is 69.6 Å². The normalized spacial score (nSPS) is 26.6. The molecular formula is C51H73Cl6N3O9. The second kappa shape index (κ2) is 25.0. The van der Waals surface area contributed by atoms with E-state index >= 15 is 0 Å². The maximum Gasteiger partial charge on any atom is 0.210 e. The zero-order valence-electron chi connectivity index (χ0n) is 42.0. The van der Waals surface area contributed by atoms with Gasteiger partial charge >= 0.3 is 0 Å². The summed E-state index contributed by atoms with van der Waals surface area (Å²) in [5, 5.41) is 3.34. The molecule has 4 saturated heterocycles. The average Bonchev–Trinajstić information content (AvgIpc) is 4.07. The van der Waals surface area contributed by atoms with Crippen molar-refractivity contribution in [2.75, 3.05) is 86.5 Å². The fraction of sp³-hybridized carbons (Fsp3) is 0.647. The Morgan fingerprint density at radius 2 is 0.884 bits per heavy atom. The Morgan fingerprint density at radius 1 is 0.551 bits per heavy atom. The molecule has 0 aromatic heterocycles. The quantitative estimate of drug-likeness (QED) is 0.166. The number of likely N-dealkylation sites (tertiary alicyclic amines) is 1. The molecule has 12 nitrogen and oxygen atoms in total. The van der Waals surface area contributed by atoms with E-state index in [4.69, 9.17) is 118 Å².